The number of thioether (sulfide) groups is 1. The number of rotatable bonds is 6. The molecule has 0 aliphatic rings. The Labute approximate surface area is 165 Å². The van der Waals surface area contributed by atoms with Gasteiger partial charge >= 0.3 is 0 Å². The SMILES string of the molecule is O=C(NCc1ccco1)c1cccc(CSc2nc3ccc(Cl)cc3[nH]2)c1. The van der Waals surface area contributed by atoms with Crippen LogP contribution >= 0.6 is 23.4 Å². The van der Waals surface area contributed by atoms with Gasteiger partial charge in [-0.1, -0.05) is 35.5 Å². The molecule has 2 N–H and O–H groups in total. The monoisotopic (exact) mass is 397 g/mol. The number of fused-ring (bicyclic) bond motifs is 1. The van der Waals surface area contributed by atoms with Gasteiger partial charge in [-0.3, -0.25) is 4.79 Å². The highest BCUT2D eigenvalue weighted by Gasteiger charge is 2.09. The van der Waals surface area contributed by atoms with Crippen LogP contribution in [0.1, 0.15) is 21.7 Å². The maximum Gasteiger partial charge on any atom is 0.251 e. The third-order valence-electron chi connectivity index (χ3n) is 3.99. The Bertz CT molecular complexity index is 1080. The summed E-state index contributed by atoms with van der Waals surface area (Å²) < 4.78 is 5.23. The van der Waals surface area contributed by atoms with Gasteiger partial charge < -0.3 is 14.7 Å². The summed E-state index contributed by atoms with van der Waals surface area (Å²) in [6.07, 6.45) is 1.59. The van der Waals surface area contributed by atoms with Crippen LogP contribution in [-0.4, -0.2) is 15.9 Å². The number of aromatic nitrogens is 2. The minimum atomic E-state index is -0.128. The maximum atomic E-state index is 12.3. The largest absolute Gasteiger partial charge is 0.467 e. The number of H-pyrrole nitrogens is 1. The lowest BCUT2D eigenvalue weighted by Gasteiger charge is -2.05. The predicted molar refractivity (Wildman–Crippen MR) is 107 cm³/mol. The van der Waals surface area contributed by atoms with Crippen LogP contribution in [0.5, 0.6) is 0 Å². The number of amides is 1. The van der Waals surface area contributed by atoms with E-state index < -0.39 is 0 Å². The molecular weight excluding hydrogens is 382 g/mol. The molecule has 0 aliphatic carbocycles. The zero-order valence-electron chi connectivity index (χ0n) is 14.2. The molecule has 1 amide bonds. The fourth-order valence-electron chi connectivity index (χ4n) is 2.66. The van der Waals surface area contributed by atoms with E-state index >= 15 is 0 Å². The first kappa shape index (κ1) is 17.7. The van der Waals surface area contributed by atoms with Crippen molar-refractivity contribution in [3.63, 3.8) is 0 Å². The van der Waals surface area contributed by atoms with E-state index in [1.54, 1.807) is 30.2 Å². The molecule has 0 fully saturated rings. The number of carbonyl (C=O) groups is 1. The van der Waals surface area contributed by atoms with Crippen molar-refractivity contribution in [1.82, 2.24) is 15.3 Å². The van der Waals surface area contributed by atoms with E-state index in [0.29, 0.717) is 22.9 Å². The molecule has 5 nitrogen and oxygen atoms in total. The van der Waals surface area contributed by atoms with Crippen LogP contribution in [0.15, 0.2) is 70.4 Å². The number of halogens is 1. The van der Waals surface area contributed by atoms with E-state index in [-0.39, 0.29) is 5.91 Å². The van der Waals surface area contributed by atoms with Crippen LogP contribution in [0.3, 0.4) is 0 Å². The molecule has 0 aliphatic heterocycles. The lowest BCUT2D eigenvalue weighted by atomic mass is 10.1. The molecule has 0 atom stereocenters. The molecule has 0 unspecified atom stereocenters. The molecule has 0 saturated heterocycles. The van der Waals surface area contributed by atoms with Crippen LogP contribution in [0.2, 0.25) is 5.02 Å². The summed E-state index contributed by atoms with van der Waals surface area (Å²) in [5.74, 6) is 1.30. The highest BCUT2D eigenvalue weighted by molar-refractivity contribution is 7.98. The van der Waals surface area contributed by atoms with E-state index in [0.717, 1.165) is 27.5 Å². The second-order valence-electron chi connectivity index (χ2n) is 5.95. The molecule has 2 heterocycles. The molecule has 27 heavy (non-hydrogen) atoms. The molecule has 0 spiro atoms. The molecular formula is C20H16ClN3O2S. The summed E-state index contributed by atoms with van der Waals surface area (Å²) in [7, 11) is 0. The van der Waals surface area contributed by atoms with Gasteiger partial charge in [0.05, 0.1) is 23.8 Å². The van der Waals surface area contributed by atoms with Gasteiger partial charge in [0, 0.05) is 16.3 Å². The standard InChI is InChI=1S/C20H16ClN3O2S/c21-15-6-7-17-18(10-15)24-20(23-17)27-12-13-3-1-4-14(9-13)19(25)22-11-16-5-2-8-26-16/h1-10H,11-12H2,(H,22,25)(H,23,24). The summed E-state index contributed by atoms with van der Waals surface area (Å²) in [6, 6.07) is 16.8. The molecule has 2 aromatic carbocycles. The van der Waals surface area contributed by atoms with Crippen LogP contribution in [-0.2, 0) is 12.3 Å². The number of nitrogens with zero attached hydrogens (tertiary/aromatic N) is 1. The van der Waals surface area contributed by atoms with E-state index in [2.05, 4.69) is 15.3 Å². The number of benzene rings is 2. The number of hydrogen-bond donors (Lipinski definition) is 2. The van der Waals surface area contributed by atoms with Crippen LogP contribution in [0, 0.1) is 0 Å². The van der Waals surface area contributed by atoms with Gasteiger partial charge in [-0.2, -0.15) is 0 Å². The average Bonchev–Trinajstić information content (AvgIpc) is 3.33. The number of hydrogen-bond acceptors (Lipinski definition) is 4. The van der Waals surface area contributed by atoms with E-state index in [1.165, 1.54) is 0 Å². The summed E-state index contributed by atoms with van der Waals surface area (Å²) in [5, 5.41) is 4.35. The zero-order valence-corrected chi connectivity index (χ0v) is 15.8. The second kappa shape index (κ2) is 7.90. The number of furan rings is 1. The fraction of sp³-hybridized carbons (Fsp3) is 0.100. The minimum Gasteiger partial charge on any atom is -0.467 e. The molecule has 0 bridgehead atoms. The minimum absolute atomic E-state index is 0.128. The molecule has 4 rings (SSSR count). The van der Waals surface area contributed by atoms with Gasteiger partial charge in [0.15, 0.2) is 5.16 Å². The number of aromatic amines is 1. The third-order valence-corrected chi connectivity index (χ3v) is 5.17. The lowest BCUT2D eigenvalue weighted by Crippen LogP contribution is -2.22. The smallest absolute Gasteiger partial charge is 0.251 e. The Morgan fingerprint density at radius 3 is 2.96 bits per heavy atom. The molecule has 0 saturated carbocycles. The normalized spacial score (nSPS) is 11.0. The summed E-state index contributed by atoms with van der Waals surface area (Å²) in [4.78, 5) is 20.1. The Morgan fingerprint density at radius 2 is 2.11 bits per heavy atom. The molecule has 4 aromatic rings. The van der Waals surface area contributed by atoms with E-state index in [1.807, 2.05) is 42.5 Å². The first-order chi connectivity index (χ1) is 13.2. The number of nitrogens with one attached hydrogen (secondary N) is 2. The summed E-state index contributed by atoms with van der Waals surface area (Å²) in [5.41, 5.74) is 3.46. The Balaban J connectivity index is 1.40. The van der Waals surface area contributed by atoms with Gasteiger partial charge in [-0.15, -0.1) is 0 Å². The molecule has 0 radical (unpaired) electrons. The highest BCUT2D eigenvalue weighted by Crippen LogP contribution is 2.25. The Kier molecular flexibility index (Phi) is 5.18. The van der Waals surface area contributed by atoms with Gasteiger partial charge in [0.2, 0.25) is 0 Å². The van der Waals surface area contributed by atoms with Crippen LogP contribution in [0.25, 0.3) is 11.0 Å². The van der Waals surface area contributed by atoms with Crippen molar-refractivity contribution in [2.45, 2.75) is 17.5 Å². The van der Waals surface area contributed by atoms with Gasteiger partial charge in [0.25, 0.3) is 5.91 Å². The van der Waals surface area contributed by atoms with Crippen molar-refractivity contribution in [3.8, 4) is 0 Å². The molecule has 2 aromatic heterocycles. The molecule has 136 valence electrons. The van der Waals surface area contributed by atoms with Crippen molar-refractivity contribution in [1.29, 1.82) is 0 Å². The van der Waals surface area contributed by atoms with Crippen LogP contribution < -0.4 is 5.32 Å². The Hall–Kier alpha value is -2.70. The van der Waals surface area contributed by atoms with Crippen molar-refractivity contribution in [3.05, 3.63) is 82.8 Å². The topological polar surface area (TPSA) is 70.9 Å². The van der Waals surface area contributed by atoms with E-state index in [4.69, 9.17) is 16.0 Å². The van der Waals surface area contributed by atoms with Gasteiger partial charge in [-0.05, 0) is 48.0 Å². The van der Waals surface area contributed by atoms with Crippen molar-refractivity contribution < 1.29 is 9.21 Å². The third kappa shape index (κ3) is 4.35. The van der Waals surface area contributed by atoms with Crippen molar-refractivity contribution in [2.75, 3.05) is 0 Å². The van der Waals surface area contributed by atoms with Gasteiger partial charge in [0.1, 0.15) is 5.76 Å². The molecule has 7 heteroatoms. The van der Waals surface area contributed by atoms with E-state index in [9.17, 15) is 4.79 Å². The summed E-state index contributed by atoms with van der Waals surface area (Å²) >= 11 is 7.59. The predicted octanol–water partition coefficient (Wildman–Crippen LogP) is 5.03. The van der Waals surface area contributed by atoms with Crippen molar-refractivity contribution >= 4 is 40.3 Å². The average molecular weight is 398 g/mol. The lowest BCUT2D eigenvalue weighted by molar-refractivity contribution is 0.0948. The number of imidazole rings is 1. The first-order valence-electron chi connectivity index (χ1n) is 8.35. The first-order valence-corrected chi connectivity index (χ1v) is 9.71. The quantitative estimate of drug-likeness (QED) is 0.447. The van der Waals surface area contributed by atoms with Crippen LogP contribution in [0.4, 0.5) is 0 Å². The highest BCUT2D eigenvalue weighted by atomic mass is 35.5. The van der Waals surface area contributed by atoms with Gasteiger partial charge in [-0.25, -0.2) is 4.98 Å². The zero-order chi connectivity index (χ0) is 18.6. The maximum absolute atomic E-state index is 12.3. The Morgan fingerprint density at radius 1 is 1.19 bits per heavy atom. The summed E-state index contributed by atoms with van der Waals surface area (Å²) in [6.45, 7) is 0.367. The van der Waals surface area contributed by atoms with Crippen molar-refractivity contribution in [2.24, 2.45) is 0 Å². The number of carbonyl (C=O) groups excluding carboxylic acids is 1. The fourth-order valence-corrected chi connectivity index (χ4v) is 3.66. The second-order valence-corrected chi connectivity index (χ2v) is 7.36.